The van der Waals surface area contributed by atoms with Gasteiger partial charge in [0.15, 0.2) is 0 Å². The first-order chi connectivity index (χ1) is 17.9. The Bertz CT molecular complexity index is 1490. The number of ether oxygens (including phenoxy) is 2. The fraction of sp³-hybridized carbons (Fsp3) is 0.345. The molecule has 2 aliphatic heterocycles. The predicted octanol–water partition coefficient (Wildman–Crippen LogP) is 6.16. The highest BCUT2D eigenvalue weighted by Crippen LogP contribution is 2.51. The SMILES string of the molecule is Cc1c(Cl)cccc1S(=O)(=O)NC(=O)c1ccc2c(c1)[C@@H]1O[C@H](Cc3ccc(F)cc3)CC[C@H]1C(C)(C)O2. The molecule has 0 radical (unpaired) electrons. The molecule has 1 N–H and O–H groups in total. The number of carbonyl (C=O) groups is 1. The Morgan fingerprint density at radius 1 is 1.11 bits per heavy atom. The molecule has 0 bridgehead atoms. The van der Waals surface area contributed by atoms with Crippen molar-refractivity contribution in [3.8, 4) is 5.75 Å². The van der Waals surface area contributed by atoms with E-state index in [9.17, 15) is 17.6 Å². The van der Waals surface area contributed by atoms with Crippen LogP contribution < -0.4 is 9.46 Å². The Morgan fingerprint density at radius 3 is 2.58 bits per heavy atom. The van der Waals surface area contributed by atoms with Gasteiger partial charge in [-0.2, -0.15) is 0 Å². The highest BCUT2D eigenvalue weighted by atomic mass is 35.5. The summed E-state index contributed by atoms with van der Waals surface area (Å²) < 4.78 is 54.3. The Hall–Kier alpha value is -2.94. The molecule has 0 saturated carbocycles. The summed E-state index contributed by atoms with van der Waals surface area (Å²) in [4.78, 5) is 13.0. The lowest BCUT2D eigenvalue weighted by atomic mass is 9.74. The summed E-state index contributed by atoms with van der Waals surface area (Å²) in [6.07, 6.45) is 1.87. The summed E-state index contributed by atoms with van der Waals surface area (Å²) >= 11 is 6.09. The molecule has 9 heteroatoms. The highest BCUT2D eigenvalue weighted by Gasteiger charge is 2.47. The molecule has 200 valence electrons. The number of hydrogen-bond donors (Lipinski definition) is 1. The molecule has 1 amide bonds. The monoisotopic (exact) mass is 557 g/mol. The van der Waals surface area contributed by atoms with Crippen molar-refractivity contribution in [3.63, 3.8) is 0 Å². The number of sulfonamides is 1. The first-order valence-electron chi connectivity index (χ1n) is 12.5. The van der Waals surface area contributed by atoms with Crippen LogP contribution in [0.3, 0.4) is 0 Å². The van der Waals surface area contributed by atoms with Crippen molar-refractivity contribution in [2.24, 2.45) is 5.92 Å². The van der Waals surface area contributed by atoms with Crippen molar-refractivity contribution in [2.75, 3.05) is 0 Å². The van der Waals surface area contributed by atoms with Gasteiger partial charge >= 0.3 is 0 Å². The van der Waals surface area contributed by atoms with E-state index >= 15 is 0 Å². The molecular weight excluding hydrogens is 529 g/mol. The van der Waals surface area contributed by atoms with Gasteiger partial charge in [-0.1, -0.05) is 29.8 Å². The summed E-state index contributed by atoms with van der Waals surface area (Å²) in [5, 5.41) is 0.296. The number of hydrogen-bond acceptors (Lipinski definition) is 5. The van der Waals surface area contributed by atoms with E-state index in [1.807, 2.05) is 13.8 Å². The van der Waals surface area contributed by atoms with Gasteiger partial charge in [0.25, 0.3) is 15.9 Å². The molecule has 1 saturated heterocycles. The molecule has 2 heterocycles. The summed E-state index contributed by atoms with van der Waals surface area (Å²) in [6, 6.07) is 15.8. The van der Waals surface area contributed by atoms with Crippen LogP contribution in [0.15, 0.2) is 65.6 Å². The van der Waals surface area contributed by atoms with E-state index in [1.165, 1.54) is 24.3 Å². The maximum absolute atomic E-state index is 13.4. The average molecular weight is 558 g/mol. The Labute approximate surface area is 227 Å². The van der Waals surface area contributed by atoms with E-state index in [2.05, 4.69) is 4.72 Å². The lowest BCUT2D eigenvalue weighted by Gasteiger charge is -2.49. The minimum atomic E-state index is -4.14. The molecule has 3 aromatic rings. The Kier molecular flexibility index (Phi) is 7.00. The molecular formula is C29H29ClFNO5S. The van der Waals surface area contributed by atoms with Crippen LogP contribution in [-0.4, -0.2) is 26.0 Å². The fourth-order valence-electron chi connectivity index (χ4n) is 5.40. The molecule has 38 heavy (non-hydrogen) atoms. The van der Waals surface area contributed by atoms with E-state index in [0.29, 0.717) is 28.3 Å². The van der Waals surface area contributed by atoms with Gasteiger partial charge in [-0.15, -0.1) is 0 Å². The van der Waals surface area contributed by atoms with Crippen molar-refractivity contribution in [1.29, 1.82) is 0 Å². The third kappa shape index (κ3) is 5.17. The molecule has 1 fully saturated rings. The normalized spacial score (nSPS) is 22.1. The minimum Gasteiger partial charge on any atom is -0.487 e. The topological polar surface area (TPSA) is 81.7 Å². The van der Waals surface area contributed by atoms with Gasteiger partial charge in [0.1, 0.15) is 17.2 Å². The van der Waals surface area contributed by atoms with Gasteiger partial charge in [0.2, 0.25) is 0 Å². The molecule has 6 nitrogen and oxygen atoms in total. The van der Waals surface area contributed by atoms with Gasteiger partial charge in [0, 0.05) is 22.1 Å². The summed E-state index contributed by atoms with van der Waals surface area (Å²) in [6.45, 7) is 5.64. The van der Waals surface area contributed by atoms with Crippen molar-refractivity contribution >= 4 is 27.5 Å². The number of halogens is 2. The van der Waals surface area contributed by atoms with Crippen LogP contribution in [0.25, 0.3) is 0 Å². The summed E-state index contributed by atoms with van der Waals surface area (Å²) in [5.41, 5.74) is 1.74. The molecule has 0 unspecified atom stereocenters. The van der Waals surface area contributed by atoms with Crippen LogP contribution in [-0.2, 0) is 21.2 Å². The van der Waals surface area contributed by atoms with Crippen molar-refractivity contribution in [1.82, 2.24) is 4.72 Å². The van der Waals surface area contributed by atoms with Crippen LogP contribution in [0.4, 0.5) is 4.39 Å². The lowest BCUT2D eigenvalue weighted by Crippen LogP contribution is -2.48. The van der Waals surface area contributed by atoms with Crippen molar-refractivity contribution < 1.29 is 27.1 Å². The Balaban J connectivity index is 1.41. The van der Waals surface area contributed by atoms with E-state index < -0.39 is 21.5 Å². The predicted molar refractivity (Wildman–Crippen MR) is 142 cm³/mol. The molecule has 5 rings (SSSR count). The minimum absolute atomic E-state index is 0.0376. The maximum atomic E-state index is 13.4. The van der Waals surface area contributed by atoms with Crippen LogP contribution in [0.5, 0.6) is 5.75 Å². The molecule has 3 aromatic carbocycles. The number of amides is 1. The number of rotatable bonds is 5. The van der Waals surface area contributed by atoms with Crippen LogP contribution in [0, 0.1) is 18.7 Å². The van der Waals surface area contributed by atoms with Gasteiger partial charge in [-0.3, -0.25) is 4.79 Å². The van der Waals surface area contributed by atoms with E-state index in [-0.39, 0.29) is 34.4 Å². The standard InChI is InChI=1S/C29H29ClFNO5S/c1-17-24(30)5-4-6-26(17)38(34,35)32-28(33)19-9-14-25-22(16-19)27-23(29(2,3)37-25)13-12-21(36-27)15-18-7-10-20(31)11-8-18/h4-11,14,16,21,23,27H,12-13,15H2,1-3H3,(H,32,33)/t21-,23+,27-/m0/s1. The second kappa shape index (κ2) is 9.98. The highest BCUT2D eigenvalue weighted by molar-refractivity contribution is 7.90. The van der Waals surface area contributed by atoms with Crippen LogP contribution in [0.1, 0.15) is 59.8 Å². The zero-order chi connectivity index (χ0) is 27.2. The first-order valence-corrected chi connectivity index (χ1v) is 14.4. The summed E-state index contributed by atoms with van der Waals surface area (Å²) in [5.74, 6) is -0.400. The fourth-order valence-corrected chi connectivity index (χ4v) is 6.87. The largest absolute Gasteiger partial charge is 0.487 e. The smallest absolute Gasteiger partial charge is 0.265 e. The van der Waals surface area contributed by atoms with Gasteiger partial charge in [-0.05, 0) is 93.6 Å². The molecule has 3 atom stereocenters. The van der Waals surface area contributed by atoms with Gasteiger partial charge in [-0.25, -0.2) is 17.5 Å². The Morgan fingerprint density at radius 2 is 1.84 bits per heavy atom. The van der Waals surface area contributed by atoms with Gasteiger partial charge < -0.3 is 9.47 Å². The van der Waals surface area contributed by atoms with Crippen LogP contribution >= 0.6 is 11.6 Å². The average Bonchev–Trinajstić information content (AvgIpc) is 2.86. The first kappa shape index (κ1) is 26.7. The number of fused-ring (bicyclic) bond motifs is 3. The molecule has 0 aliphatic carbocycles. The van der Waals surface area contributed by atoms with Gasteiger partial charge in [0.05, 0.1) is 17.1 Å². The second-order valence-electron chi connectivity index (χ2n) is 10.4. The van der Waals surface area contributed by atoms with E-state index in [1.54, 1.807) is 43.3 Å². The quantitative estimate of drug-likeness (QED) is 0.406. The molecule has 0 aromatic heterocycles. The van der Waals surface area contributed by atoms with Crippen LogP contribution in [0.2, 0.25) is 5.02 Å². The maximum Gasteiger partial charge on any atom is 0.265 e. The van der Waals surface area contributed by atoms with E-state index in [0.717, 1.165) is 18.4 Å². The summed E-state index contributed by atoms with van der Waals surface area (Å²) in [7, 11) is -4.14. The van der Waals surface area contributed by atoms with Crippen molar-refractivity contribution in [3.05, 3.63) is 93.8 Å². The van der Waals surface area contributed by atoms with Crippen molar-refractivity contribution in [2.45, 2.75) is 62.7 Å². The number of benzene rings is 3. The number of nitrogens with one attached hydrogen (secondary N) is 1. The second-order valence-corrected chi connectivity index (χ2v) is 12.5. The number of carbonyl (C=O) groups excluding carboxylic acids is 1. The zero-order valence-electron chi connectivity index (χ0n) is 21.3. The lowest BCUT2D eigenvalue weighted by molar-refractivity contribution is -0.149. The third-order valence-electron chi connectivity index (χ3n) is 7.46. The third-order valence-corrected chi connectivity index (χ3v) is 9.34. The zero-order valence-corrected chi connectivity index (χ0v) is 22.9. The molecule has 2 aliphatic rings. The van der Waals surface area contributed by atoms with E-state index in [4.69, 9.17) is 21.1 Å². The molecule has 0 spiro atoms.